The van der Waals surface area contributed by atoms with Gasteiger partial charge in [0.2, 0.25) is 0 Å². The molecule has 2 aromatic heterocycles. The third kappa shape index (κ3) is 3.27. The van der Waals surface area contributed by atoms with E-state index < -0.39 is 10.0 Å². The third-order valence-corrected chi connectivity index (χ3v) is 5.71. The van der Waals surface area contributed by atoms with Crippen LogP contribution in [0.5, 0.6) is 0 Å². The summed E-state index contributed by atoms with van der Waals surface area (Å²) < 4.78 is 29.1. The van der Waals surface area contributed by atoms with Crippen molar-refractivity contribution in [2.24, 2.45) is 0 Å². The lowest BCUT2D eigenvalue weighted by Crippen LogP contribution is -2.26. The molecule has 2 heterocycles. The van der Waals surface area contributed by atoms with E-state index in [4.69, 9.17) is 0 Å². The zero-order valence-corrected chi connectivity index (χ0v) is 13.9. The Bertz CT molecular complexity index is 662. The summed E-state index contributed by atoms with van der Waals surface area (Å²) in [5, 5.41) is 4.84. The van der Waals surface area contributed by atoms with Crippen LogP contribution in [0, 0.1) is 0 Å². The quantitative estimate of drug-likeness (QED) is 0.721. The van der Waals surface area contributed by atoms with E-state index in [9.17, 15) is 8.42 Å². The number of hydrogen-bond donors (Lipinski definition) is 2. The van der Waals surface area contributed by atoms with Gasteiger partial charge in [0.25, 0.3) is 10.0 Å². The lowest BCUT2D eigenvalue weighted by molar-refractivity contribution is 0.574. The molecule has 0 aliphatic heterocycles. The fraction of sp³-hybridized carbons (Fsp3) is 0.545. The second kappa shape index (κ2) is 6.79. The zero-order chi connectivity index (χ0) is 14.6. The van der Waals surface area contributed by atoms with Crippen LogP contribution in [0.1, 0.15) is 12.8 Å². The van der Waals surface area contributed by atoms with E-state index in [1.165, 1.54) is 11.3 Å². The Morgan fingerprint density at radius 2 is 2.25 bits per heavy atom. The normalized spacial score (nSPS) is 12.1. The molecule has 0 amide bonds. The first-order valence-corrected chi connectivity index (χ1v) is 9.97. The number of fused-ring (bicyclic) bond motifs is 1. The molecule has 0 aliphatic carbocycles. The Morgan fingerprint density at radius 3 is 2.95 bits per heavy atom. The highest BCUT2D eigenvalue weighted by Gasteiger charge is 2.24. The number of nitrogens with zero attached hydrogens (tertiary/aromatic N) is 2. The topological polar surface area (TPSA) is 75.5 Å². The van der Waals surface area contributed by atoms with Crippen molar-refractivity contribution in [3.8, 4) is 0 Å². The average Bonchev–Trinajstić information content (AvgIpc) is 2.97. The summed E-state index contributed by atoms with van der Waals surface area (Å²) in [6.07, 6.45) is 5.60. The van der Waals surface area contributed by atoms with Crippen LogP contribution in [0.15, 0.2) is 16.6 Å². The van der Waals surface area contributed by atoms with E-state index in [-0.39, 0.29) is 5.03 Å². The SMILES string of the molecule is CNc1nc2sccn2c1S(=O)(=O)NCCCCSC. The van der Waals surface area contributed by atoms with Crippen molar-refractivity contribution in [3.05, 3.63) is 11.6 Å². The van der Waals surface area contributed by atoms with Crippen molar-refractivity contribution < 1.29 is 8.42 Å². The molecule has 0 fully saturated rings. The molecule has 0 atom stereocenters. The summed E-state index contributed by atoms with van der Waals surface area (Å²) in [5.74, 6) is 1.43. The molecule has 0 spiro atoms. The van der Waals surface area contributed by atoms with Crippen molar-refractivity contribution in [1.82, 2.24) is 14.1 Å². The Labute approximate surface area is 127 Å². The summed E-state index contributed by atoms with van der Waals surface area (Å²) >= 11 is 3.17. The van der Waals surface area contributed by atoms with Crippen molar-refractivity contribution >= 4 is 43.9 Å². The first-order valence-electron chi connectivity index (χ1n) is 6.22. The number of thiazole rings is 1. The molecule has 0 bridgehead atoms. The molecule has 20 heavy (non-hydrogen) atoms. The molecule has 0 unspecified atom stereocenters. The fourth-order valence-corrected chi connectivity index (χ4v) is 4.45. The van der Waals surface area contributed by atoms with Crippen molar-refractivity contribution in [2.45, 2.75) is 17.9 Å². The van der Waals surface area contributed by atoms with E-state index in [1.807, 2.05) is 11.6 Å². The Kier molecular flexibility index (Phi) is 5.30. The third-order valence-electron chi connectivity index (χ3n) is 2.78. The van der Waals surface area contributed by atoms with E-state index in [2.05, 4.69) is 15.0 Å². The van der Waals surface area contributed by atoms with Crippen molar-refractivity contribution in [2.75, 3.05) is 30.9 Å². The lowest BCUT2D eigenvalue weighted by Gasteiger charge is -2.07. The van der Waals surface area contributed by atoms with Gasteiger partial charge >= 0.3 is 0 Å². The lowest BCUT2D eigenvalue weighted by atomic mass is 10.3. The number of anilines is 1. The van der Waals surface area contributed by atoms with Crippen LogP contribution >= 0.6 is 23.1 Å². The van der Waals surface area contributed by atoms with Gasteiger partial charge in [-0.25, -0.2) is 18.1 Å². The van der Waals surface area contributed by atoms with Crippen LogP contribution in [-0.4, -0.2) is 43.4 Å². The van der Waals surface area contributed by atoms with E-state index in [1.54, 1.807) is 29.4 Å². The molecule has 9 heteroatoms. The molecule has 6 nitrogen and oxygen atoms in total. The number of rotatable bonds is 8. The first kappa shape index (κ1) is 15.6. The van der Waals surface area contributed by atoms with Crippen molar-refractivity contribution in [3.63, 3.8) is 0 Å². The maximum Gasteiger partial charge on any atom is 0.260 e. The highest BCUT2D eigenvalue weighted by Crippen LogP contribution is 2.25. The summed E-state index contributed by atoms with van der Waals surface area (Å²) in [6, 6.07) is 0. The van der Waals surface area contributed by atoms with Gasteiger partial charge in [0.05, 0.1) is 0 Å². The Balaban J connectivity index is 2.16. The highest BCUT2D eigenvalue weighted by atomic mass is 32.2. The molecule has 0 aromatic carbocycles. The minimum absolute atomic E-state index is 0.182. The summed E-state index contributed by atoms with van der Waals surface area (Å²) in [4.78, 5) is 4.93. The smallest absolute Gasteiger partial charge is 0.260 e. The molecule has 0 saturated heterocycles. The number of aromatic nitrogens is 2. The molecule has 0 saturated carbocycles. The molecule has 2 N–H and O–H groups in total. The maximum absolute atomic E-state index is 12.4. The molecule has 0 aliphatic rings. The van der Waals surface area contributed by atoms with Gasteiger partial charge in [-0.2, -0.15) is 11.8 Å². The summed E-state index contributed by atoms with van der Waals surface area (Å²) in [5.41, 5.74) is 0. The fourth-order valence-electron chi connectivity index (χ4n) is 1.83. The number of hydrogen-bond acceptors (Lipinski definition) is 6. The maximum atomic E-state index is 12.4. The Hall–Kier alpha value is -0.770. The van der Waals surface area contributed by atoms with Gasteiger partial charge in [0, 0.05) is 25.2 Å². The van der Waals surface area contributed by atoms with Crippen LogP contribution in [-0.2, 0) is 10.0 Å². The largest absolute Gasteiger partial charge is 0.371 e. The predicted molar refractivity (Wildman–Crippen MR) is 85.4 cm³/mol. The van der Waals surface area contributed by atoms with Gasteiger partial charge < -0.3 is 5.32 Å². The van der Waals surface area contributed by atoms with Gasteiger partial charge in [-0.3, -0.25) is 4.40 Å². The van der Waals surface area contributed by atoms with Gasteiger partial charge in [-0.15, -0.1) is 11.3 Å². The van der Waals surface area contributed by atoms with E-state index in [0.717, 1.165) is 18.6 Å². The predicted octanol–water partition coefficient (Wildman–Crippen LogP) is 1.86. The van der Waals surface area contributed by atoms with E-state index >= 15 is 0 Å². The summed E-state index contributed by atoms with van der Waals surface area (Å²) in [6.45, 7) is 0.448. The monoisotopic (exact) mass is 334 g/mol. The van der Waals surface area contributed by atoms with Crippen LogP contribution in [0.4, 0.5) is 5.82 Å². The molecule has 112 valence electrons. The van der Waals surface area contributed by atoms with Crippen LogP contribution in [0.2, 0.25) is 0 Å². The van der Waals surface area contributed by atoms with Gasteiger partial charge in [-0.1, -0.05) is 0 Å². The van der Waals surface area contributed by atoms with Gasteiger partial charge in [0.1, 0.15) is 0 Å². The van der Waals surface area contributed by atoms with E-state index in [0.29, 0.717) is 17.3 Å². The second-order valence-corrected chi connectivity index (χ2v) is 7.71. The highest BCUT2D eigenvalue weighted by molar-refractivity contribution is 7.98. The number of nitrogens with one attached hydrogen (secondary N) is 2. The standard InChI is InChI=1S/C11H18N4O2S3/c1-12-9-10(15-6-8-19-11(15)14-9)20(16,17)13-5-3-4-7-18-2/h6,8,12-13H,3-5,7H2,1-2H3. The number of sulfonamides is 1. The molecular weight excluding hydrogens is 316 g/mol. The number of thioether (sulfide) groups is 1. The minimum Gasteiger partial charge on any atom is -0.371 e. The van der Waals surface area contributed by atoms with Crippen LogP contribution in [0.3, 0.4) is 0 Å². The van der Waals surface area contributed by atoms with Crippen LogP contribution < -0.4 is 10.0 Å². The van der Waals surface area contributed by atoms with Crippen LogP contribution in [0.25, 0.3) is 4.96 Å². The Morgan fingerprint density at radius 1 is 1.45 bits per heavy atom. The second-order valence-electron chi connectivity index (χ2n) is 4.17. The number of imidazole rings is 1. The number of unbranched alkanes of at least 4 members (excludes halogenated alkanes) is 1. The molecule has 0 radical (unpaired) electrons. The van der Waals surface area contributed by atoms with Gasteiger partial charge in [-0.05, 0) is 24.9 Å². The van der Waals surface area contributed by atoms with Gasteiger partial charge in [0.15, 0.2) is 15.8 Å². The first-order chi connectivity index (χ1) is 9.60. The van der Waals surface area contributed by atoms with Crippen molar-refractivity contribution in [1.29, 1.82) is 0 Å². The summed E-state index contributed by atoms with van der Waals surface area (Å²) in [7, 11) is -1.88. The molecular formula is C11H18N4O2S3. The minimum atomic E-state index is -3.56. The average molecular weight is 334 g/mol. The molecule has 2 aromatic rings. The molecule has 2 rings (SSSR count). The zero-order valence-electron chi connectivity index (χ0n) is 11.4.